The SMILES string of the molecule is CCC[C@H](C(=O)O)[C@H](Cc1ccc(C(F)(F)F)cc1)c1nn[nH]n1. The third kappa shape index (κ3) is 4.30. The molecule has 0 bridgehead atoms. The highest BCUT2D eigenvalue weighted by Crippen LogP contribution is 2.32. The summed E-state index contributed by atoms with van der Waals surface area (Å²) in [5, 5.41) is 22.9. The van der Waals surface area contributed by atoms with Gasteiger partial charge in [-0.2, -0.15) is 18.4 Å². The Morgan fingerprint density at radius 3 is 2.42 bits per heavy atom. The third-order valence-electron chi connectivity index (χ3n) is 3.83. The maximum atomic E-state index is 12.6. The lowest BCUT2D eigenvalue weighted by Crippen LogP contribution is -2.25. The van der Waals surface area contributed by atoms with E-state index in [1.54, 1.807) is 0 Å². The molecule has 2 atom stereocenters. The van der Waals surface area contributed by atoms with Crippen LogP contribution < -0.4 is 0 Å². The predicted molar refractivity (Wildman–Crippen MR) is 78.1 cm³/mol. The Labute approximate surface area is 136 Å². The minimum absolute atomic E-state index is 0.217. The van der Waals surface area contributed by atoms with E-state index in [4.69, 9.17) is 0 Å². The Balaban J connectivity index is 2.27. The molecule has 6 nitrogen and oxygen atoms in total. The fraction of sp³-hybridized carbons (Fsp3) is 0.467. The number of carbonyl (C=O) groups is 1. The predicted octanol–water partition coefficient (Wildman–Crippen LogP) is 3.05. The molecule has 2 N–H and O–H groups in total. The van der Waals surface area contributed by atoms with Crippen molar-refractivity contribution in [2.75, 3.05) is 0 Å². The summed E-state index contributed by atoms with van der Waals surface area (Å²) in [5.74, 6) is -2.05. The van der Waals surface area contributed by atoms with Crippen LogP contribution in [-0.4, -0.2) is 31.7 Å². The molecule has 1 aromatic carbocycles. The van der Waals surface area contributed by atoms with Gasteiger partial charge in [0.05, 0.1) is 11.5 Å². The van der Waals surface area contributed by atoms with Gasteiger partial charge in [0.2, 0.25) is 0 Å². The average molecular weight is 342 g/mol. The number of tetrazole rings is 1. The Kier molecular flexibility index (Phi) is 5.53. The first-order valence-electron chi connectivity index (χ1n) is 7.45. The van der Waals surface area contributed by atoms with E-state index >= 15 is 0 Å². The van der Waals surface area contributed by atoms with Gasteiger partial charge < -0.3 is 5.11 Å². The minimum atomic E-state index is -4.41. The Hall–Kier alpha value is -2.45. The van der Waals surface area contributed by atoms with Crippen LogP contribution in [0.3, 0.4) is 0 Å². The van der Waals surface area contributed by atoms with Gasteiger partial charge >= 0.3 is 12.1 Å². The van der Waals surface area contributed by atoms with Gasteiger partial charge in [-0.15, -0.1) is 10.2 Å². The molecule has 0 aliphatic carbocycles. The zero-order chi connectivity index (χ0) is 17.7. The van der Waals surface area contributed by atoms with Crippen molar-refractivity contribution >= 4 is 5.97 Å². The first-order chi connectivity index (χ1) is 11.3. The van der Waals surface area contributed by atoms with Gasteiger partial charge in [-0.25, -0.2) is 0 Å². The number of H-pyrrole nitrogens is 1. The highest BCUT2D eigenvalue weighted by molar-refractivity contribution is 5.71. The molecule has 0 unspecified atom stereocenters. The van der Waals surface area contributed by atoms with Crippen LogP contribution in [0.2, 0.25) is 0 Å². The maximum absolute atomic E-state index is 12.6. The zero-order valence-corrected chi connectivity index (χ0v) is 12.9. The van der Waals surface area contributed by atoms with Crippen molar-refractivity contribution in [2.24, 2.45) is 5.92 Å². The molecule has 1 aromatic heterocycles. The van der Waals surface area contributed by atoms with E-state index < -0.39 is 29.5 Å². The van der Waals surface area contributed by atoms with Gasteiger partial charge in [-0.3, -0.25) is 4.79 Å². The van der Waals surface area contributed by atoms with Gasteiger partial charge in [0, 0.05) is 5.92 Å². The molecule has 130 valence electrons. The summed E-state index contributed by atoms with van der Waals surface area (Å²) in [4.78, 5) is 11.6. The summed E-state index contributed by atoms with van der Waals surface area (Å²) in [6, 6.07) is 4.66. The first-order valence-corrected chi connectivity index (χ1v) is 7.45. The van der Waals surface area contributed by atoms with Crippen molar-refractivity contribution in [3.8, 4) is 0 Å². The highest BCUT2D eigenvalue weighted by Gasteiger charge is 2.33. The number of halogens is 3. The summed E-state index contributed by atoms with van der Waals surface area (Å²) < 4.78 is 37.9. The number of carboxylic acids is 1. The normalized spacial score (nSPS) is 14.3. The number of nitrogens with one attached hydrogen (secondary N) is 1. The zero-order valence-electron chi connectivity index (χ0n) is 12.9. The molecule has 2 aromatic rings. The Bertz CT molecular complexity index is 656. The molecule has 0 amide bonds. The molecule has 2 rings (SSSR count). The summed E-state index contributed by atoms with van der Waals surface area (Å²) in [6.07, 6.45) is -3.13. The number of hydrogen-bond donors (Lipinski definition) is 2. The van der Waals surface area contributed by atoms with Crippen LogP contribution in [0.5, 0.6) is 0 Å². The number of rotatable bonds is 7. The van der Waals surface area contributed by atoms with E-state index in [0.29, 0.717) is 18.4 Å². The van der Waals surface area contributed by atoms with Crippen molar-refractivity contribution < 1.29 is 23.1 Å². The van der Waals surface area contributed by atoms with E-state index in [-0.39, 0.29) is 12.2 Å². The van der Waals surface area contributed by atoms with Gasteiger partial charge in [-0.1, -0.05) is 30.7 Å². The number of aromatic amines is 1. The van der Waals surface area contributed by atoms with Gasteiger partial charge in [0.1, 0.15) is 0 Å². The van der Waals surface area contributed by atoms with Crippen molar-refractivity contribution in [3.05, 3.63) is 41.2 Å². The van der Waals surface area contributed by atoms with E-state index in [1.165, 1.54) is 12.1 Å². The molecule has 0 saturated carbocycles. The third-order valence-corrected chi connectivity index (χ3v) is 3.83. The number of benzene rings is 1. The van der Waals surface area contributed by atoms with Crippen LogP contribution in [0, 0.1) is 5.92 Å². The summed E-state index contributed by atoms with van der Waals surface area (Å²) in [5.41, 5.74) is -0.161. The second-order valence-corrected chi connectivity index (χ2v) is 5.51. The lowest BCUT2D eigenvalue weighted by Gasteiger charge is -2.21. The highest BCUT2D eigenvalue weighted by atomic mass is 19.4. The van der Waals surface area contributed by atoms with E-state index in [9.17, 15) is 23.1 Å². The minimum Gasteiger partial charge on any atom is -0.481 e. The summed E-state index contributed by atoms with van der Waals surface area (Å²) in [7, 11) is 0. The molecular weight excluding hydrogens is 325 g/mol. The smallest absolute Gasteiger partial charge is 0.416 e. The maximum Gasteiger partial charge on any atom is 0.416 e. The van der Waals surface area contributed by atoms with Crippen LogP contribution in [-0.2, 0) is 17.4 Å². The summed E-state index contributed by atoms with van der Waals surface area (Å²) >= 11 is 0. The standard InChI is InChI=1S/C15H17F3N4O2/c1-2-3-11(14(23)24)12(13-19-21-22-20-13)8-9-4-6-10(7-5-9)15(16,17)18/h4-7,11-12H,2-3,8H2,1H3,(H,23,24)(H,19,20,21,22)/t11-,12-/m0/s1. The van der Waals surface area contributed by atoms with Crippen LogP contribution in [0.4, 0.5) is 13.2 Å². The van der Waals surface area contributed by atoms with Crippen molar-refractivity contribution in [1.82, 2.24) is 20.6 Å². The molecule has 0 aliphatic heterocycles. The molecule has 0 aliphatic rings. The van der Waals surface area contributed by atoms with Gasteiger partial charge in [0.15, 0.2) is 5.82 Å². The number of nitrogens with zero attached hydrogens (tertiary/aromatic N) is 3. The molecule has 1 heterocycles. The first kappa shape index (κ1) is 17.9. The molecule has 0 radical (unpaired) electrons. The second-order valence-electron chi connectivity index (χ2n) is 5.51. The van der Waals surface area contributed by atoms with Gasteiger partial charge in [-0.05, 0) is 30.5 Å². The van der Waals surface area contributed by atoms with Crippen LogP contribution in [0.15, 0.2) is 24.3 Å². The van der Waals surface area contributed by atoms with Gasteiger partial charge in [0.25, 0.3) is 0 Å². The lowest BCUT2D eigenvalue weighted by molar-refractivity contribution is -0.143. The number of carboxylic acid groups (broad SMARTS) is 1. The fourth-order valence-electron chi connectivity index (χ4n) is 2.63. The number of aromatic nitrogens is 4. The Morgan fingerprint density at radius 1 is 1.29 bits per heavy atom. The van der Waals surface area contributed by atoms with Crippen molar-refractivity contribution in [1.29, 1.82) is 0 Å². The molecular formula is C15H17F3N4O2. The Morgan fingerprint density at radius 2 is 1.96 bits per heavy atom. The molecule has 0 spiro atoms. The van der Waals surface area contributed by atoms with Crippen molar-refractivity contribution in [2.45, 2.75) is 38.3 Å². The topological polar surface area (TPSA) is 91.8 Å². The van der Waals surface area contributed by atoms with Crippen LogP contribution in [0.1, 0.15) is 42.6 Å². The lowest BCUT2D eigenvalue weighted by atomic mass is 9.83. The van der Waals surface area contributed by atoms with E-state index in [2.05, 4.69) is 20.6 Å². The molecule has 9 heteroatoms. The average Bonchev–Trinajstić information content (AvgIpc) is 3.04. The number of alkyl halides is 3. The molecule has 0 saturated heterocycles. The number of aliphatic carboxylic acids is 1. The van der Waals surface area contributed by atoms with Crippen LogP contribution >= 0.6 is 0 Å². The molecule has 0 fully saturated rings. The second kappa shape index (κ2) is 7.41. The fourth-order valence-corrected chi connectivity index (χ4v) is 2.63. The quantitative estimate of drug-likeness (QED) is 0.807. The van der Waals surface area contributed by atoms with E-state index in [1.807, 2.05) is 6.92 Å². The monoisotopic (exact) mass is 342 g/mol. The van der Waals surface area contributed by atoms with E-state index in [0.717, 1.165) is 12.1 Å². The summed E-state index contributed by atoms with van der Waals surface area (Å²) in [6.45, 7) is 1.86. The molecule has 24 heavy (non-hydrogen) atoms. The largest absolute Gasteiger partial charge is 0.481 e. The van der Waals surface area contributed by atoms with Crippen molar-refractivity contribution in [3.63, 3.8) is 0 Å². The number of hydrogen-bond acceptors (Lipinski definition) is 4. The van der Waals surface area contributed by atoms with Crippen LogP contribution in [0.25, 0.3) is 0 Å².